The summed E-state index contributed by atoms with van der Waals surface area (Å²) < 4.78 is 5.51. The first-order chi connectivity index (χ1) is 14.1. The van der Waals surface area contributed by atoms with Gasteiger partial charge in [0.2, 0.25) is 5.91 Å². The summed E-state index contributed by atoms with van der Waals surface area (Å²) in [5, 5.41) is 3.05. The van der Waals surface area contributed by atoms with Crippen molar-refractivity contribution in [2.45, 2.75) is 38.7 Å². The van der Waals surface area contributed by atoms with E-state index < -0.39 is 0 Å². The number of hydrogen-bond donors (Lipinski definition) is 1. The predicted octanol–water partition coefficient (Wildman–Crippen LogP) is 1.86. The van der Waals surface area contributed by atoms with E-state index >= 15 is 0 Å². The Kier molecular flexibility index (Phi) is 6.35. The lowest BCUT2D eigenvalue weighted by atomic mass is 10.1. The summed E-state index contributed by atoms with van der Waals surface area (Å²) >= 11 is 0. The summed E-state index contributed by atoms with van der Waals surface area (Å²) in [4.78, 5) is 31.4. The van der Waals surface area contributed by atoms with Crippen LogP contribution >= 0.6 is 0 Å². The van der Waals surface area contributed by atoms with Crippen molar-refractivity contribution >= 4 is 23.2 Å². The molecular weight excluding hydrogens is 368 g/mol. The molecule has 0 spiro atoms. The standard InChI is InChI=1S/C22H32N4O3/c1-17-15-18(25-8-2-3-9-25)6-7-19(17)23-21(27)16-24-10-12-26(13-11-24)22(28)20-5-4-14-29-20/h6-7,15,20H,2-5,8-14,16H2,1H3,(H,23,27). The maximum atomic E-state index is 12.5. The van der Waals surface area contributed by atoms with Crippen molar-refractivity contribution in [3.8, 4) is 0 Å². The fourth-order valence-electron chi connectivity index (χ4n) is 4.46. The van der Waals surface area contributed by atoms with Gasteiger partial charge in [-0.05, 0) is 56.4 Å². The van der Waals surface area contributed by atoms with Crippen LogP contribution in [0.25, 0.3) is 0 Å². The van der Waals surface area contributed by atoms with Gasteiger partial charge < -0.3 is 19.9 Å². The third-order valence-corrected chi connectivity index (χ3v) is 6.21. The van der Waals surface area contributed by atoms with Gasteiger partial charge >= 0.3 is 0 Å². The van der Waals surface area contributed by atoms with Gasteiger partial charge in [0.25, 0.3) is 5.91 Å². The Hall–Kier alpha value is -2.12. The molecule has 1 aromatic rings. The third kappa shape index (κ3) is 4.90. The van der Waals surface area contributed by atoms with E-state index in [1.54, 1.807) is 0 Å². The zero-order valence-electron chi connectivity index (χ0n) is 17.4. The molecule has 7 nitrogen and oxygen atoms in total. The molecule has 0 radical (unpaired) electrons. The average molecular weight is 401 g/mol. The lowest BCUT2D eigenvalue weighted by Gasteiger charge is -2.35. The molecule has 29 heavy (non-hydrogen) atoms. The molecule has 1 atom stereocenters. The van der Waals surface area contributed by atoms with Crippen LogP contribution in [0.15, 0.2) is 18.2 Å². The molecule has 7 heteroatoms. The van der Waals surface area contributed by atoms with Gasteiger partial charge in [-0.1, -0.05) is 0 Å². The lowest BCUT2D eigenvalue weighted by Crippen LogP contribution is -2.52. The predicted molar refractivity (Wildman–Crippen MR) is 113 cm³/mol. The number of carbonyl (C=O) groups is 2. The minimum Gasteiger partial charge on any atom is -0.372 e. The molecule has 3 saturated heterocycles. The van der Waals surface area contributed by atoms with Crippen molar-refractivity contribution in [2.75, 3.05) is 62.6 Å². The number of piperazine rings is 1. The van der Waals surface area contributed by atoms with Crippen LogP contribution < -0.4 is 10.2 Å². The maximum absolute atomic E-state index is 12.5. The average Bonchev–Trinajstić information content (AvgIpc) is 3.44. The quantitative estimate of drug-likeness (QED) is 0.817. The second-order valence-electron chi connectivity index (χ2n) is 8.34. The Morgan fingerprint density at radius 1 is 1.07 bits per heavy atom. The van der Waals surface area contributed by atoms with Crippen LogP contribution in [0.2, 0.25) is 0 Å². The van der Waals surface area contributed by atoms with Crippen molar-refractivity contribution in [1.82, 2.24) is 9.80 Å². The number of hydrogen-bond acceptors (Lipinski definition) is 5. The molecule has 158 valence electrons. The molecule has 1 unspecified atom stereocenters. The van der Waals surface area contributed by atoms with E-state index in [1.165, 1.54) is 18.5 Å². The van der Waals surface area contributed by atoms with E-state index in [0.717, 1.165) is 50.3 Å². The summed E-state index contributed by atoms with van der Waals surface area (Å²) in [6.07, 6.45) is 4.05. The highest BCUT2D eigenvalue weighted by Gasteiger charge is 2.30. The number of amides is 2. The molecule has 0 bridgehead atoms. The number of benzene rings is 1. The summed E-state index contributed by atoms with van der Waals surface area (Å²) in [5.74, 6) is 0.112. The monoisotopic (exact) mass is 400 g/mol. The van der Waals surface area contributed by atoms with Gasteiger partial charge in [0.1, 0.15) is 6.10 Å². The van der Waals surface area contributed by atoms with E-state index in [4.69, 9.17) is 4.74 Å². The number of ether oxygens (including phenoxy) is 1. The Morgan fingerprint density at radius 3 is 2.48 bits per heavy atom. The molecule has 3 aliphatic rings. The van der Waals surface area contributed by atoms with Crippen LogP contribution in [0.3, 0.4) is 0 Å². The van der Waals surface area contributed by atoms with Crippen molar-refractivity contribution in [2.24, 2.45) is 0 Å². The zero-order chi connectivity index (χ0) is 20.2. The van der Waals surface area contributed by atoms with Crippen molar-refractivity contribution < 1.29 is 14.3 Å². The Morgan fingerprint density at radius 2 is 1.83 bits per heavy atom. The molecule has 3 aliphatic heterocycles. The number of carbonyl (C=O) groups excluding carboxylic acids is 2. The summed E-state index contributed by atoms with van der Waals surface area (Å²) in [7, 11) is 0. The number of anilines is 2. The van der Waals surface area contributed by atoms with E-state index in [0.29, 0.717) is 26.2 Å². The molecule has 3 fully saturated rings. The van der Waals surface area contributed by atoms with Gasteiger partial charge in [0, 0.05) is 57.3 Å². The van der Waals surface area contributed by atoms with E-state index in [9.17, 15) is 9.59 Å². The molecule has 0 aliphatic carbocycles. The van der Waals surface area contributed by atoms with Crippen LogP contribution in [0.5, 0.6) is 0 Å². The van der Waals surface area contributed by atoms with Crippen molar-refractivity contribution in [3.63, 3.8) is 0 Å². The van der Waals surface area contributed by atoms with Crippen molar-refractivity contribution in [3.05, 3.63) is 23.8 Å². The molecule has 1 N–H and O–H groups in total. The van der Waals surface area contributed by atoms with Crippen LogP contribution in [-0.2, 0) is 14.3 Å². The molecule has 1 aromatic carbocycles. The molecule has 0 aromatic heterocycles. The minimum atomic E-state index is -0.253. The first kappa shape index (κ1) is 20.2. The smallest absolute Gasteiger partial charge is 0.251 e. The van der Waals surface area contributed by atoms with Gasteiger partial charge in [-0.15, -0.1) is 0 Å². The highest BCUT2D eigenvalue weighted by atomic mass is 16.5. The zero-order valence-corrected chi connectivity index (χ0v) is 17.4. The highest BCUT2D eigenvalue weighted by Crippen LogP contribution is 2.25. The molecule has 4 rings (SSSR count). The van der Waals surface area contributed by atoms with Gasteiger partial charge in [0.15, 0.2) is 0 Å². The van der Waals surface area contributed by atoms with Crippen LogP contribution in [0.4, 0.5) is 11.4 Å². The minimum absolute atomic E-state index is 0.000857. The third-order valence-electron chi connectivity index (χ3n) is 6.21. The molecule has 0 saturated carbocycles. The lowest BCUT2D eigenvalue weighted by molar-refractivity contribution is -0.142. The topological polar surface area (TPSA) is 65.1 Å². The normalized spacial score (nSPS) is 22.9. The van der Waals surface area contributed by atoms with E-state index in [-0.39, 0.29) is 17.9 Å². The van der Waals surface area contributed by atoms with Crippen molar-refractivity contribution in [1.29, 1.82) is 0 Å². The Labute approximate surface area is 173 Å². The van der Waals surface area contributed by atoms with E-state index in [1.807, 2.05) is 17.9 Å². The fraction of sp³-hybridized carbons (Fsp3) is 0.636. The highest BCUT2D eigenvalue weighted by molar-refractivity contribution is 5.93. The first-order valence-corrected chi connectivity index (χ1v) is 10.9. The first-order valence-electron chi connectivity index (χ1n) is 10.9. The van der Waals surface area contributed by atoms with E-state index in [2.05, 4.69) is 27.2 Å². The molecule has 3 heterocycles. The Bertz CT molecular complexity index is 734. The van der Waals surface area contributed by atoms with Crippen LogP contribution in [0, 0.1) is 6.92 Å². The van der Waals surface area contributed by atoms with Gasteiger partial charge in [-0.2, -0.15) is 0 Å². The Balaban J connectivity index is 1.24. The van der Waals surface area contributed by atoms with Crippen LogP contribution in [0.1, 0.15) is 31.2 Å². The SMILES string of the molecule is Cc1cc(N2CCCC2)ccc1NC(=O)CN1CCN(C(=O)C2CCCO2)CC1. The number of aryl methyl sites for hydroxylation is 1. The van der Waals surface area contributed by atoms with Crippen LogP contribution in [-0.4, -0.2) is 80.1 Å². The number of nitrogens with one attached hydrogen (secondary N) is 1. The summed E-state index contributed by atoms with van der Waals surface area (Å²) in [5.41, 5.74) is 3.21. The largest absolute Gasteiger partial charge is 0.372 e. The number of nitrogens with zero attached hydrogens (tertiary/aromatic N) is 3. The molecule has 2 amide bonds. The summed E-state index contributed by atoms with van der Waals surface area (Å²) in [6.45, 7) is 8.09. The second-order valence-corrected chi connectivity index (χ2v) is 8.34. The molecular formula is C22H32N4O3. The van der Waals surface area contributed by atoms with Gasteiger partial charge in [-0.3, -0.25) is 14.5 Å². The number of rotatable bonds is 5. The second kappa shape index (κ2) is 9.13. The maximum Gasteiger partial charge on any atom is 0.251 e. The summed E-state index contributed by atoms with van der Waals surface area (Å²) in [6, 6.07) is 6.28. The van der Waals surface area contributed by atoms with Gasteiger partial charge in [-0.25, -0.2) is 0 Å². The van der Waals surface area contributed by atoms with Gasteiger partial charge in [0.05, 0.1) is 6.54 Å². The fourth-order valence-corrected chi connectivity index (χ4v) is 4.46.